The summed E-state index contributed by atoms with van der Waals surface area (Å²) < 4.78 is 138. The van der Waals surface area contributed by atoms with Crippen LogP contribution >= 0.6 is 0 Å². The van der Waals surface area contributed by atoms with Gasteiger partial charge in [-0.1, -0.05) is 34.3 Å². The van der Waals surface area contributed by atoms with E-state index in [2.05, 4.69) is 192 Å². The summed E-state index contributed by atoms with van der Waals surface area (Å²) in [5.41, 5.74) is 12.7. The first kappa shape index (κ1) is 103. The van der Waals surface area contributed by atoms with E-state index in [4.69, 9.17) is 4.55 Å². The molecule has 40 nitrogen and oxygen atoms in total. The van der Waals surface area contributed by atoms with Crippen molar-refractivity contribution >= 4 is 111 Å². The van der Waals surface area contributed by atoms with E-state index >= 15 is 0 Å². The Hall–Kier alpha value is -9.36. The van der Waals surface area contributed by atoms with Gasteiger partial charge < -0.3 is 55.4 Å². The highest BCUT2D eigenvalue weighted by Crippen LogP contribution is 2.29. The van der Waals surface area contributed by atoms with Crippen molar-refractivity contribution < 1.29 is 86.9 Å². The molecule has 636 valence electrons. The summed E-state index contributed by atoms with van der Waals surface area (Å²) in [5.74, 6) is 3.25. The molecule has 0 saturated heterocycles. The first-order chi connectivity index (χ1) is 53.2. The van der Waals surface area contributed by atoms with Gasteiger partial charge >= 0.3 is 34.2 Å². The van der Waals surface area contributed by atoms with E-state index in [0.717, 1.165) is 173 Å². The number of benzene rings is 4. The van der Waals surface area contributed by atoms with E-state index in [9.17, 15) is 47.3 Å². The molecule has 0 spiro atoms. The Bertz CT molecular complexity index is 4610. The van der Waals surface area contributed by atoms with E-state index in [0.29, 0.717) is 0 Å². The highest BCUT2D eigenvalue weighted by molar-refractivity contribution is 7.81. The van der Waals surface area contributed by atoms with Crippen molar-refractivity contribution in [3.05, 3.63) is 145 Å². The van der Waals surface area contributed by atoms with Crippen molar-refractivity contribution in [3.8, 4) is 0 Å². The van der Waals surface area contributed by atoms with Gasteiger partial charge in [-0.05, 0) is 176 Å². The maximum Gasteiger partial charge on any atom is 0.421 e. The Morgan fingerprint density at radius 1 is 0.430 bits per heavy atom. The number of rotatable bonds is 30. The van der Waals surface area contributed by atoms with Gasteiger partial charge in [0, 0.05) is 96.1 Å². The van der Waals surface area contributed by atoms with Gasteiger partial charge in [0.2, 0.25) is 31.2 Å². The van der Waals surface area contributed by atoms with E-state index in [-0.39, 0.29) is 5.41 Å². The fourth-order valence-corrected chi connectivity index (χ4v) is 9.10. The van der Waals surface area contributed by atoms with E-state index < -0.39 is 41.6 Å². The number of imidazole rings is 4. The zero-order chi connectivity index (χ0) is 86.7. The molecule has 0 saturated carbocycles. The summed E-state index contributed by atoms with van der Waals surface area (Å²) in [6.07, 6.45) is 16.8. The number of nitrogens with zero attached hydrogens (tertiary/aromatic N) is 18. The number of nitrogens with one attached hydrogen (secondary N) is 6. The molecule has 0 radical (unpaired) electrons. The molecule has 0 atom stereocenters. The standard InChI is InChI=1S/C18H28N6.C17H27N6.C16H24N6.C15H22N6.4CH4O4S/c1-14-11-15(20-13-18(2,3)12-19-4)7-8-16(14)21-22-17-23(5)9-10-24(17)6;1-14-13-15(21(4)10-9-20(2)3)7-8-16(14)18-19-17-22(5)11-12-23(17)6;1-13-12-14(18-9-5-8-17-2)6-7-15(13)19-20-16-21(3)10-11-22(16)4;1-12-11-13(17-8-7-16-2)5-6-14(12)18-19-15-20(3)9-10-21(15)4;4*1-5-6(2,3)4/h7-11,19H,12-13H2,1-6H3;7-8,11-13H,9-10H2,1-6H3;6-7,10-12,17H,5,8-9H2,1-4H3;5-6,9-11,16H,7-8H2,1-4H3;4*1H3,(H,2,3,4)/q;+1;;;;;;. The van der Waals surface area contributed by atoms with Gasteiger partial charge in [-0.25, -0.2) is 61.8 Å². The number of azo groups is 4. The van der Waals surface area contributed by atoms with Crippen LogP contribution in [0.15, 0.2) is 163 Å². The largest absolute Gasteiger partial charge is 0.726 e. The van der Waals surface area contributed by atoms with Gasteiger partial charge in [0.15, 0.2) is 0 Å². The molecule has 0 aliphatic carbocycles. The monoisotopic (exact) mass is 1680 g/mol. The lowest BCUT2D eigenvalue weighted by molar-refractivity contribution is -0.657. The quantitative estimate of drug-likeness (QED) is 0.00762. The van der Waals surface area contributed by atoms with Crippen LogP contribution in [0, 0.1) is 33.1 Å². The fraction of sp³-hybridized carbons (Fsp3) is 0.486. The van der Waals surface area contributed by atoms with E-state index in [1.54, 1.807) is 0 Å². The number of aromatic nitrogens is 8. The molecule has 0 amide bonds. The van der Waals surface area contributed by atoms with Crippen LogP contribution in [0.25, 0.3) is 0 Å². The Balaban J connectivity index is 0.000000692. The second-order valence-electron chi connectivity index (χ2n) is 26.1. The molecule has 7 N–H and O–H groups in total. The van der Waals surface area contributed by atoms with Gasteiger partial charge in [0.25, 0.3) is 0 Å². The number of hydrogen-bond donors (Lipinski definition) is 7. The molecule has 114 heavy (non-hydrogen) atoms. The molecule has 0 aliphatic heterocycles. The van der Waals surface area contributed by atoms with Crippen LogP contribution in [0.4, 0.5) is 69.3 Å². The molecule has 8 rings (SSSR count). The smallest absolute Gasteiger partial charge is 0.421 e. The van der Waals surface area contributed by atoms with Crippen LogP contribution < -0.4 is 55.1 Å². The third-order valence-corrected chi connectivity index (χ3v) is 17.2. The van der Waals surface area contributed by atoms with Crippen molar-refractivity contribution in [3.63, 3.8) is 0 Å². The maximum absolute atomic E-state index is 9.33. The van der Waals surface area contributed by atoms with E-state index in [1.165, 1.54) is 5.69 Å². The summed E-state index contributed by atoms with van der Waals surface area (Å²) in [7, 11) is 13.8. The van der Waals surface area contributed by atoms with Crippen LogP contribution in [0.5, 0.6) is 0 Å². The molecule has 8 aromatic rings. The van der Waals surface area contributed by atoms with Gasteiger partial charge in [0.1, 0.15) is 22.7 Å². The predicted octanol–water partition coefficient (Wildman–Crippen LogP) is 7.32. The van der Waals surface area contributed by atoms with Gasteiger partial charge in [-0.15, -0.1) is 0 Å². The first-order valence-electron chi connectivity index (χ1n) is 34.9. The Labute approximate surface area is 672 Å². The minimum atomic E-state index is -4.41. The average Bonchev–Trinajstić information content (AvgIpc) is 0.976. The van der Waals surface area contributed by atoms with Crippen molar-refractivity contribution in [1.82, 2.24) is 39.1 Å². The molecule has 0 unspecified atom stereocenters. The summed E-state index contributed by atoms with van der Waals surface area (Å²) in [4.78, 5) is 4.44. The number of hydrogen-bond acceptors (Lipinski definition) is 31. The predicted molar refractivity (Wildman–Crippen MR) is 434 cm³/mol. The van der Waals surface area contributed by atoms with Crippen LogP contribution in [0.3, 0.4) is 0 Å². The topological polar surface area (TPSA) is 476 Å². The first-order valence-corrected chi connectivity index (χ1v) is 40.3. The summed E-state index contributed by atoms with van der Waals surface area (Å²) in [6.45, 7) is 20.4. The highest BCUT2D eigenvalue weighted by Gasteiger charge is 2.18. The Morgan fingerprint density at radius 2 is 0.728 bits per heavy atom. The molecule has 4 aromatic heterocycles. The van der Waals surface area contributed by atoms with Gasteiger partial charge in [0.05, 0.1) is 134 Å². The van der Waals surface area contributed by atoms with Crippen LogP contribution in [0.1, 0.15) is 42.5 Å². The normalized spacial score (nSPS) is 11.6. The third kappa shape index (κ3) is 43.2. The zero-order valence-electron chi connectivity index (χ0n) is 69.7. The lowest BCUT2D eigenvalue weighted by atomic mass is 9.93. The zero-order valence-corrected chi connectivity index (χ0v) is 72.9. The summed E-state index contributed by atoms with van der Waals surface area (Å²) in [6, 6.07) is 24.7. The fourth-order valence-electron chi connectivity index (χ4n) is 9.10. The molecular formula is C70H117N24O16S4+. The Kier molecular flexibility index (Phi) is 46.4. The van der Waals surface area contributed by atoms with Crippen molar-refractivity contribution in [1.29, 1.82) is 0 Å². The summed E-state index contributed by atoms with van der Waals surface area (Å²) in [5, 5.41) is 54.7. The number of anilines is 4. The molecule has 0 aliphatic rings. The SMILES string of the molecule is CNCC(C)(C)CNc1ccc(N=Nc2n(C)cc[n+]2C)c(C)c1.CNCCCNc1ccc(N=Nc2n(C)cc[n+]2C)c(C)c1.CNCCNc1ccc(N=Nc2n(C)cc[n+]2C)c(C)c1.COS(=O)(=O)O.COS(=O)(=O)[O-].COS(=O)(=O)[O-].COS(=O)(=O)[O-].Cc1cc(N(C)CCN(C)C)ccc1N=Nc1n(C)cc[n+]1C. The van der Waals surface area contributed by atoms with Crippen LogP contribution in [-0.4, -0.2) is 198 Å². The van der Waals surface area contributed by atoms with Crippen LogP contribution in [-0.2, 0) is 115 Å². The van der Waals surface area contributed by atoms with Crippen molar-refractivity contribution in [2.24, 2.45) is 103 Å². The molecule has 0 fully saturated rings. The molecule has 44 heteroatoms. The van der Waals surface area contributed by atoms with Crippen molar-refractivity contribution in [2.75, 3.05) is 144 Å². The third-order valence-electron chi connectivity index (χ3n) is 15.5. The van der Waals surface area contributed by atoms with Crippen molar-refractivity contribution in [2.45, 2.75) is 48.0 Å². The van der Waals surface area contributed by atoms with Gasteiger partial charge in [-0.2, -0.15) is 8.42 Å². The lowest BCUT2D eigenvalue weighted by Crippen LogP contribution is -2.33. The lowest BCUT2D eigenvalue weighted by Gasteiger charge is -2.25. The molecular weight excluding hydrogens is 1560 g/mol. The highest BCUT2D eigenvalue weighted by atomic mass is 32.3. The maximum atomic E-state index is 9.33. The number of likely N-dealkylation sites (N-methyl/N-ethyl adjacent to an activating group) is 3. The second kappa shape index (κ2) is 51.5. The Morgan fingerprint density at radius 3 is 0.982 bits per heavy atom. The minimum absolute atomic E-state index is 0.197. The van der Waals surface area contributed by atoms with E-state index in [1.807, 2.05) is 207 Å². The minimum Gasteiger partial charge on any atom is -0.726 e. The van der Waals surface area contributed by atoms with Gasteiger partial charge in [-0.3, -0.25) is 21.3 Å². The molecule has 0 bridgehead atoms. The van der Waals surface area contributed by atoms with Crippen LogP contribution in [0.2, 0.25) is 0 Å². The average molecular weight is 1680 g/mol. The molecule has 4 heterocycles. The second-order valence-corrected chi connectivity index (χ2v) is 30.7. The number of aryl methyl sites for hydroxylation is 12. The molecule has 4 aromatic carbocycles. The summed E-state index contributed by atoms with van der Waals surface area (Å²) >= 11 is 0.